The van der Waals surface area contributed by atoms with Crippen molar-refractivity contribution >= 4 is 0 Å². The van der Waals surface area contributed by atoms with Crippen molar-refractivity contribution in [3.63, 3.8) is 0 Å². The molecule has 0 saturated heterocycles. The molecule has 0 aliphatic heterocycles. The molecule has 1 N–H and O–H groups in total. The molecular weight excluding hydrogens is 250 g/mol. The van der Waals surface area contributed by atoms with Gasteiger partial charge in [-0.1, -0.05) is 13.8 Å². The third-order valence-corrected chi connectivity index (χ3v) is 2.85. The van der Waals surface area contributed by atoms with Gasteiger partial charge in [0.15, 0.2) is 0 Å². The van der Waals surface area contributed by atoms with Gasteiger partial charge in [-0.3, -0.25) is 0 Å². The van der Waals surface area contributed by atoms with E-state index in [1.807, 2.05) is 26.2 Å². The molecule has 0 radical (unpaired) electrons. The van der Waals surface area contributed by atoms with Crippen molar-refractivity contribution < 1.29 is 0 Å². The minimum Gasteiger partial charge on any atom is -0.346 e. The van der Waals surface area contributed by atoms with E-state index in [1.165, 1.54) is 0 Å². The van der Waals surface area contributed by atoms with Crippen LogP contribution < -0.4 is 0 Å². The molecule has 2 rings (SSSR count). The average molecular weight is 273 g/mol. The number of rotatable bonds is 4. The molecule has 0 aromatic carbocycles. The molecule has 2 heterocycles. The highest BCUT2D eigenvalue weighted by molar-refractivity contribution is 5.02. The summed E-state index contributed by atoms with van der Waals surface area (Å²) in [7, 11) is 0. The Balaban J connectivity index is 0.000000217. The van der Waals surface area contributed by atoms with E-state index in [1.54, 1.807) is 0 Å². The second-order valence-electron chi connectivity index (χ2n) is 4.62. The van der Waals surface area contributed by atoms with E-state index in [0.29, 0.717) is 6.42 Å². The van der Waals surface area contributed by atoms with Crippen molar-refractivity contribution in [2.75, 3.05) is 0 Å². The fourth-order valence-corrected chi connectivity index (χ4v) is 1.89. The SMILES string of the molecule is CCc1nc(C)cn1CCC#N.CCc1ncc(C)[nH]1. The molecule has 0 atom stereocenters. The van der Waals surface area contributed by atoms with Crippen LogP contribution in [0, 0.1) is 25.2 Å². The Morgan fingerprint density at radius 3 is 2.50 bits per heavy atom. The highest BCUT2D eigenvalue weighted by Crippen LogP contribution is 2.03. The molecule has 0 spiro atoms. The molecule has 5 nitrogen and oxygen atoms in total. The Morgan fingerprint density at radius 2 is 2.05 bits per heavy atom. The van der Waals surface area contributed by atoms with Gasteiger partial charge in [0.05, 0.1) is 18.2 Å². The van der Waals surface area contributed by atoms with Gasteiger partial charge in [-0.15, -0.1) is 0 Å². The zero-order valence-corrected chi connectivity index (χ0v) is 12.8. The van der Waals surface area contributed by atoms with Crippen molar-refractivity contribution in [2.24, 2.45) is 0 Å². The number of aryl methyl sites for hydroxylation is 5. The smallest absolute Gasteiger partial charge is 0.108 e. The van der Waals surface area contributed by atoms with E-state index in [2.05, 4.69) is 39.4 Å². The maximum Gasteiger partial charge on any atom is 0.108 e. The fourth-order valence-electron chi connectivity index (χ4n) is 1.89. The predicted octanol–water partition coefficient (Wildman–Crippen LogP) is 2.95. The van der Waals surface area contributed by atoms with Crippen molar-refractivity contribution in [2.45, 2.75) is 53.5 Å². The van der Waals surface area contributed by atoms with E-state index in [-0.39, 0.29) is 0 Å². The highest BCUT2D eigenvalue weighted by atomic mass is 15.1. The van der Waals surface area contributed by atoms with Crippen LogP contribution >= 0.6 is 0 Å². The summed E-state index contributed by atoms with van der Waals surface area (Å²) >= 11 is 0. The van der Waals surface area contributed by atoms with Gasteiger partial charge < -0.3 is 9.55 Å². The monoisotopic (exact) mass is 273 g/mol. The van der Waals surface area contributed by atoms with E-state index < -0.39 is 0 Å². The Hall–Kier alpha value is -2.09. The number of nitrogens with one attached hydrogen (secondary N) is 1. The molecule has 0 unspecified atom stereocenters. The molecule has 5 heteroatoms. The Morgan fingerprint density at radius 1 is 1.30 bits per heavy atom. The van der Waals surface area contributed by atoms with Gasteiger partial charge in [-0.2, -0.15) is 5.26 Å². The summed E-state index contributed by atoms with van der Waals surface area (Å²) in [6, 6.07) is 2.13. The first-order chi connectivity index (χ1) is 9.60. The van der Waals surface area contributed by atoms with Crippen LogP contribution in [0.2, 0.25) is 0 Å². The molecule has 0 saturated carbocycles. The van der Waals surface area contributed by atoms with Gasteiger partial charge in [0.1, 0.15) is 11.6 Å². The van der Waals surface area contributed by atoms with Gasteiger partial charge in [-0.25, -0.2) is 9.97 Å². The molecule has 0 bridgehead atoms. The first-order valence-electron chi connectivity index (χ1n) is 7.00. The molecular formula is C15H23N5. The van der Waals surface area contributed by atoms with Crippen molar-refractivity contribution in [3.05, 3.63) is 35.4 Å². The molecule has 108 valence electrons. The van der Waals surface area contributed by atoms with Crippen LogP contribution in [0.25, 0.3) is 0 Å². The molecule has 0 fully saturated rings. The number of nitrogens with zero attached hydrogens (tertiary/aromatic N) is 4. The number of nitriles is 1. The molecule has 2 aromatic heterocycles. The summed E-state index contributed by atoms with van der Waals surface area (Å²) in [4.78, 5) is 11.5. The summed E-state index contributed by atoms with van der Waals surface area (Å²) in [5, 5.41) is 8.41. The lowest BCUT2D eigenvalue weighted by atomic mass is 10.4. The lowest BCUT2D eigenvalue weighted by molar-refractivity contribution is 0.670. The van der Waals surface area contributed by atoms with Crippen LogP contribution in [0.4, 0.5) is 0 Å². The fraction of sp³-hybridized carbons (Fsp3) is 0.533. The van der Waals surface area contributed by atoms with Crippen LogP contribution in [0.5, 0.6) is 0 Å². The topological polar surface area (TPSA) is 70.3 Å². The molecule has 0 aliphatic carbocycles. The summed E-state index contributed by atoms with van der Waals surface area (Å²) in [6.45, 7) is 8.90. The highest BCUT2D eigenvalue weighted by Gasteiger charge is 2.01. The predicted molar refractivity (Wildman–Crippen MR) is 79.3 cm³/mol. The first kappa shape index (κ1) is 16.0. The molecule has 0 amide bonds. The Kier molecular flexibility index (Phi) is 6.51. The number of imidazole rings is 2. The summed E-state index contributed by atoms with van der Waals surface area (Å²) in [6.07, 6.45) is 6.32. The summed E-state index contributed by atoms with van der Waals surface area (Å²) in [5.74, 6) is 2.14. The maximum absolute atomic E-state index is 8.41. The first-order valence-corrected chi connectivity index (χ1v) is 7.00. The second-order valence-corrected chi connectivity index (χ2v) is 4.62. The van der Waals surface area contributed by atoms with Gasteiger partial charge in [0.2, 0.25) is 0 Å². The number of aromatic nitrogens is 4. The zero-order chi connectivity index (χ0) is 15.0. The number of hydrogen-bond donors (Lipinski definition) is 1. The minimum absolute atomic E-state index is 0.558. The summed E-state index contributed by atoms with van der Waals surface area (Å²) < 4.78 is 2.05. The lowest BCUT2D eigenvalue weighted by Gasteiger charge is -2.01. The van der Waals surface area contributed by atoms with E-state index in [0.717, 1.165) is 42.4 Å². The van der Waals surface area contributed by atoms with Crippen LogP contribution in [0.15, 0.2) is 12.4 Å². The molecule has 2 aromatic rings. The van der Waals surface area contributed by atoms with Crippen molar-refractivity contribution in [1.29, 1.82) is 5.26 Å². The Labute approximate surface area is 120 Å². The Bertz CT molecular complexity index is 559. The van der Waals surface area contributed by atoms with Crippen molar-refractivity contribution in [3.8, 4) is 6.07 Å². The van der Waals surface area contributed by atoms with E-state index in [4.69, 9.17) is 5.26 Å². The second kappa shape index (κ2) is 8.16. The van der Waals surface area contributed by atoms with Crippen LogP contribution in [-0.4, -0.2) is 19.5 Å². The zero-order valence-electron chi connectivity index (χ0n) is 12.8. The standard InChI is InChI=1S/C9H13N3.C6H10N2/c1-3-9-11-8(2)7-12(9)6-4-5-10;1-3-6-7-4-5(2)8-6/h7H,3-4,6H2,1-2H3;4H,3H2,1-2H3,(H,7,8). The number of hydrogen-bond acceptors (Lipinski definition) is 3. The normalized spacial score (nSPS) is 9.75. The van der Waals surface area contributed by atoms with Crippen LogP contribution in [-0.2, 0) is 19.4 Å². The minimum atomic E-state index is 0.558. The largest absolute Gasteiger partial charge is 0.346 e. The average Bonchev–Trinajstić information content (AvgIpc) is 3.02. The van der Waals surface area contributed by atoms with E-state index in [9.17, 15) is 0 Å². The van der Waals surface area contributed by atoms with Crippen LogP contribution in [0.1, 0.15) is 43.3 Å². The van der Waals surface area contributed by atoms with Crippen LogP contribution in [0.3, 0.4) is 0 Å². The number of aromatic amines is 1. The third-order valence-electron chi connectivity index (χ3n) is 2.85. The van der Waals surface area contributed by atoms with Gasteiger partial charge in [0.25, 0.3) is 0 Å². The molecule has 0 aliphatic rings. The summed E-state index contributed by atoms with van der Waals surface area (Å²) in [5.41, 5.74) is 2.17. The molecule has 20 heavy (non-hydrogen) atoms. The van der Waals surface area contributed by atoms with Gasteiger partial charge in [0, 0.05) is 37.5 Å². The van der Waals surface area contributed by atoms with Gasteiger partial charge in [-0.05, 0) is 13.8 Å². The van der Waals surface area contributed by atoms with Gasteiger partial charge >= 0.3 is 0 Å². The number of H-pyrrole nitrogens is 1. The quantitative estimate of drug-likeness (QED) is 0.931. The van der Waals surface area contributed by atoms with E-state index >= 15 is 0 Å². The third kappa shape index (κ3) is 4.88. The van der Waals surface area contributed by atoms with Crippen molar-refractivity contribution in [1.82, 2.24) is 19.5 Å². The maximum atomic E-state index is 8.41. The lowest BCUT2D eigenvalue weighted by Crippen LogP contribution is -2.00.